The third-order valence-corrected chi connectivity index (χ3v) is 8.64. The first kappa shape index (κ1) is 23.8. The van der Waals surface area contributed by atoms with Crippen LogP contribution in [0.15, 0.2) is 121 Å². The summed E-state index contributed by atoms with van der Waals surface area (Å²) in [5, 5.41) is 25.6. The molecule has 0 heterocycles. The van der Waals surface area contributed by atoms with Crippen molar-refractivity contribution in [1.82, 2.24) is 0 Å². The van der Waals surface area contributed by atoms with Gasteiger partial charge in [-0.3, -0.25) is 0 Å². The molecule has 190 valence electrons. The van der Waals surface area contributed by atoms with Gasteiger partial charge in [-0.1, -0.05) is 109 Å². The maximum Gasteiger partial charge on any atom is 0.0442 e. The van der Waals surface area contributed by atoms with Crippen LogP contribution in [0.25, 0.3) is 54.9 Å². The Morgan fingerprint density at radius 1 is 0.436 bits per heavy atom. The van der Waals surface area contributed by atoms with Gasteiger partial charge in [-0.05, 0) is 91.0 Å². The quantitative estimate of drug-likeness (QED) is 0.238. The Balaban J connectivity index is 1.44. The van der Waals surface area contributed by atoms with E-state index in [1.54, 1.807) is 0 Å². The van der Waals surface area contributed by atoms with E-state index in [0.29, 0.717) is 12.8 Å². The fourth-order valence-electron chi connectivity index (χ4n) is 6.83. The van der Waals surface area contributed by atoms with Crippen molar-refractivity contribution in [1.29, 1.82) is 0 Å². The van der Waals surface area contributed by atoms with Gasteiger partial charge in [0, 0.05) is 18.6 Å². The lowest BCUT2D eigenvalue weighted by Gasteiger charge is -2.32. The molecule has 0 amide bonds. The highest BCUT2D eigenvalue weighted by molar-refractivity contribution is 5.99. The Morgan fingerprint density at radius 3 is 1.33 bits per heavy atom. The van der Waals surface area contributed by atoms with Crippen molar-refractivity contribution < 1.29 is 10.2 Å². The second-order valence-corrected chi connectivity index (χ2v) is 10.6. The molecule has 2 heteroatoms. The summed E-state index contributed by atoms with van der Waals surface area (Å²) in [5.74, 6) is 0. The predicted octanol–water partition coefficient (Wildman–Crippen LogP) is 8.36. The minimum Gasteiger partial charge on any atom is -0.396 e. The number of hydrogen-bond acceptors (Lipinski definition) is 2. The van der Waals surface area contributed by atoms with Gasteiger partial charge in [-0.2, -0.15) is 0 Å². The first-order valence-electron chi connectivity index (χ1n) is 13.7. The first-order chi connectivity index (χ1) is 19.2. The van der Waals surface area contributed by atoms with Crippen molar-refractivity contribution >= 4 is 21.5 Å². The summed E-state index contributed by atoms with van der Waals surface area (Å²) in [7, 11) is 0. The lowest BCUT2D eigenvalue weighted by molar-refractivity contribution is 0.213. The lowest BCUT2D eigenvalue weighted by atomic mass is 9.72. The Morgan fingerprint density at radius 2 is 0.872 bits per heavy atom. The average Bonchev–Trinajstić information content (AvgIpc) is 3.25. The highest BCUT2D eigenvalue weighted by Gasteiger charge is 2.42. The maximum atomic E-state index is 10.3. The molecular weight excluding hydrogens is 476 g/mol. The molecule has 0 saturated carbocycles. The van der Waals surface area contributed by atoms with Gasteiger partial charge < -0.3 is 10.2 Å². The van der Waals surface area contributed by atoms with Crippen molar-refractivity contribution in [3.8, 4) is 33.4 Å². The SMILES string of the molecule is OCCC1(CCO)c2cc(-c3cccc4ccccc34)ccc2-c2ccc(-c3cccc4ccccc34)cc21. The van der Waals surface area contributed by atoms with Gasteiger partial charge >= 0.3 is 0 Å². The van der Waals surface area contributed by atoms with Gasteiger partial charge in [0.05, 0.1) is 0 Å². The van der Waals surface area contributed by atoms with E-state index < -0.39 is 5.41 Å². The molecular formula is C37H30O2. The van der Waals surface area contributed by atoms with Gasteiger partial charge in [0.25, 0.3) is 0 Å². The van der Waals surface area contributed by atoms with E-state index in [1.165, 1.54) is 54.9 Å². The fourth-order valence-corrected chi connectivity index (χ4v) is 6.83. The average molecular weight is 507 g/mol. The fraction of sp³-hybridized carbons (Fsp3) is 0.135. The van der Waals surface area contributed by atoms with Gasteiger partial charge in [0.15, 0.2) is 0 Å². The second kappa shape index (κ2) is 9.50. The maximum absolute atomic E-state index is 10.3. The van der Waals surface area contributed by atoms with Crippen LogP contribution in [0.4, 0.5) is 0 Å². The summed E-state index contributed by atoms with van der Waals surface area (Å²) >= 11 is 0. The lowest BCUT2D eigenvalue weighted by Crippen LogP contribution is -2.28. The van der Waals surface area contributed by atoms with Gasteiger partial charge in [0.1, 0.15) is 0 Å². The molecule has 6 aromatic rings. The minimum atomic E-state index is -0.463. The van der Waals surface area contributed by atoms with E-state index in [9.17, 15) is 10.2 Å². The van der Waals surface area contributed by atoms with Gasteiger partial charge in [-0.15, -0.1) is 0 Å². The van der Waals surface area contributed by atoms with Gasteiger partial charge in [0.2, 0.25) is 0 Å². The van der Waals surface area contributed by atoms with Crippen LogP contribution in [-0.4, -0.2) is 23.4 Å². The molecule has 0 spiro atoms. The molecule has 2 nitrogen and oxygen atoms in total. The number of benzene rings is 6. The molecule has 39 heavy (non-hydrogen) atoms. The molecule has 1 aliphatic rings. The molecule has 1 aliphatic carbocycles. The number of aliphatic hydroxyl groups is 2. The molecule has 0 fully saturated rings. The third-order valence-electron chi connectivity index (χ3n) is 8.64. The summed E-state index contributed by atoms with van der Waals surface area (Å²) in [6.45, 7) is 0.103. The van der Waals surface area contributed by atoms with Crippen molar-refractivity contribution in [3.63, 3.8) is 0 Å². The zero-order valence-corrected chi connectivity index (χ0v) is 21.8. The smallest absolute Gasteiger partial charge is 0.0442 e. The largest absolute Gasteiger partial charge is 0.396 e. The van der Waals surface area contributed by atoms with Crippen LogP contribution in [-0.2, 0) is 5.41 Å². The van der Waals surface area contributed by atoms with Crippen LogP contribution in [0.1, 0.15) is 24.0 Å². The summed E-state index contributed by atoms with van der Waals surface area (Å²) in [6, 6.07) is 43.4. The summed E-state index contributed by atoms with van der Waals surface area (Å²) in [4.78, 5) is 0. The molecule has 6 aromatic carbocycles. The van der Waals surface area contributed by atoms with Crippen LogP contribution in [0, 0.1) is 0 Å². The zero-order chi connectivity index (χ0) is 26.4. The van der Waals surface area contributed by atoms with E-state index in [0.717, 1.165) is 11.1 Å². The normalized spacial score (nSPS) is 13.5. The summed E-state index contributed by atoms with van der Waals surface area (Å²) < 4.78 is 0. The monoisotopic (exact) mass is 506 g/mol. The first-order valence-corrected chi connectivity index (χ1v) is 13.7. The van der Waals surface area contributed by atoms with Crippen molar-refractivity contribution in [2.75, 3.05) is 13.2 Å². The molecule has 2 N–H and O–H groups in total. The number of hydrogen-bond donors (Lipinski definition) is 2. The Hall–Kier alpha value is -4.24. The molecule has 0 atom stereocenters. The minimum absolute atomic E-state index is 0.0515. The van der Waals surface area contributed by atoms with Crippen LogP contribution >= 0.6 is 0 Å². The van der Waals surface area contributed by atoms with Crippen LogP contribution in [0.5, 0.6) is 0 Å². The summed E-state index contributed by atoms with van der Waals surface area (Å²) in [5.41, 5.74) is 9.04. The van der Waals surface area contributed by atoms with E-state index >= 15 is 0 Å². The van der Waals surface area contributed by atoms with Crippen LogP contribution in [0.3, 0.4) is 0 Å². The van der Waals surface area contributed by atoms with E-state index in [2.05, 4.69) is 121 Å². The Kier molecular flexibility index (Phi) is 5.81. The molecule has 0 unspecified atom stereocenters. The molecule has 0 radical (unpaired) electrons. The van der Waals surface area contributed by atoms with E-state index in [4.69, 9.17) is 0 Å². The van der Waals surface area contributed by atoms with Crippen molar-refractivity contribution in [2.24, 2.45) is 0 Å². The molecule has 7 rings (SSSR count). The van der Waals surface area contributed by atoms with E-state index in [1.807, 2.05) is 0 Å². The molecule has 0 bridgehead atoms. The number of aliphatic hydroxyl groups excluding tert-OH is 2. The molecule has 0 aliphatic heterocycles. The standard InChI is InChI=1S/C37H30O2/c38-21-19-37(20-22-39)35-23-27(31-13-5-9-25-7-1-3-11-29(25)31)15-17-33(35)34-18-16-28(24-36(34)37)32-14-6-10-26-8-2-4-12-30(26)32/h1-18,23-24,38-39H,19-22H2. The van der Waals surface area contributed by atoms with Gasteiger partial charge in [-0.25, -0.2) is 0 Å². The highest BCUT2D eigenvalue weighted by atomic mass is 16.3. The Labute approximate surface area is 228 Å². The van der Waals surface area contributed by atoms with Crippen LogP contribution < -0.4 is 0 Å². The Bertz CT molecular complexity index is 1700. The highest BCUT2D eigenvalue weighted by Crippen LogP contribution is 2.54. The predicted molar refractivity (Wildman–Crippen MR) is 162 cm³/mol. The zero-order valence-electron chi connectivity index (χ0n) is 21.8. The van der Waals surface area contributed by atoms with Crippen LogP contribution in [0.2, 0.25) is 0 Å². The second-order valence-electron chi connectivity index (χ2n) is 10.6. The molecule has 0 saturated heterocycles. The van der Waals surface area contributed by atoms with E-state index in [-0.39, 0.29) is 13.2 Å². The van der Waals surface area contributed by atoms with Crippen molar-refractivity contribution in [2.45, 2.75) is 18.3 Å². The number of fused-ring (bicyclic) bond motifs is 5. The molecule has 0 aromatic heterocycles. The third kappa shape index (κ3) is 3.71. The summed E-state index contributed by atoms with van der Waals surface area (Å²) in [6.07, 6.45) is 1.12. The topological polar surface area (TPSA) is 40.5 Å². The number of rotatable bonds is 6. The van der Waals surface area contributed by atoms with Crippen molar-refractivity contribution in [3.05, 3.63) is 132 Å².